The summed E-state index contributed by atoms with van der Waals surface area (Å²) < 4.78 is 5.98. The first-order valence-corrected chi connectivity index (χ1v) is 6.15. The van der Waals surface area contributed by atoms with E-state index in [1.54, 1.807) is 0 Å². The zero-order valence-electron chi connectivity index (χ0n) is 10.2. The summed E-state index contributed by atoms with van der Waals surface area (Å²) in [6.07, 6.45) is 7.54. The maximum absolute atomic E-state index is 6.25. The Morgan fingerprint density at radius 3 is 2.93 bits per heavy atom. The van der Waals surface area contributed by atoms with Crippen LogP contribution in [0.4, 0.5) is 0 Å². The Labute approximate surface area is 93.9 Å². The van der Waals surface area contributed by atoms with E-state index in [2.05, 4.69) is 20.4 Å². The molecule has 0 radical (unpaired) electrons. The molecule has 1 fully saturated rings. The third kappa shape index (κ3) is 3.05. The van der Waals surface area contributed by atoms with E-state index in [0.717, 1.165) is 31.8 Å². The molecule has 1 saturated carbocycles. The van der Waals surface area contributed by atoms with Gasteiger partial charge in [-0.3, -0.25) is 0 Å². The van der Waals surface area contributed by atoms with Gasteiger partial charge in [-0.2, -0.15) is 0 Å². The molecule has 3 atom stereocenters. The van der Waals surface area contributed by atoms with E-state index in [1.165, 1.54) is 12.8 Å². The maximum atomic E-state index is 6.25. The van der Waals surface area contributed by atoms with Gasteiger partial charge in [0.15, 0.2) is 0 Å². The van der Waals surface area contributed by atoms with Crippen molar-refractivity contribution < 1.29 is 4.74 Å². The Balaban J connectivity index is 2.71. The molecule has 0 aromatic carbocycles. The van der Waals surface area contributed by atoms with E-state index in [0.29, 0.717) is 0 Å². The molecule has 15 heavy (non-hydrogen) atoms. The van der Waals surface area contributed by atoms with Crippen molar-refractivity contribution in [3.8, 4) is 0 Å². The molecule has 0 heterocycles. The standard InChI is InChI=1S/C13H25NO/c1-4-7-12(14)13(15-5-2)9-6-8-11(3)10-13/h4,11-12H,1,5-10,14H2,2-3H3. The minimum Gasteiger partial charge on any atom is -0.374 e. The molecule has 0 amide bonds. The molecule has 88 valence electrons. The number of ether oxygens (including phenoxy) is 1. The molecule has 2 N–H and O–H groups in total. The second-order valence-electron chi connectivity index (χ2n) is 4.83. The van der Waals surface area contributed by atoms with Gasteiger partial charge in [0.25, 0.3) is 0 Å². The van der Waals surface area contributed by atoms with Crippen LogP contribution in [-0.4, -0.2) is 18.2 Å². The van der Waals surface area contributed by atoms with Gasteiger partial charge < -0.3 is 10.5 Å². The topological polar surface area (TPSA) is 35.2 Å². The van der Waals surface area contributed by atoms with Crippen LogP contribution in [0, 0.1) is 5.92 Å². The van der Waals surface area contributed by atoms with Gasteiger partial charge in [-0.05, 0) is 32.1 Å². The van der Waals surface area contributed by atoms with Gasteiger partial charge in [0, 0.05) is 12.6 Å². The van der Waals surface area contributed by atoms with Gasteiger partial charge in [0.1, 0.15) is 0 Å². The van der Waals surface area contributed by atoms with Crippen molar-refractivity contribution in [3.63, 3.8) is 0 Å². The quantitative estimate of drug-likeness (QED) is 0.710. The first-order valence-electron chi connectivity index (χ1n) is 6.15. The predicted molar refractivity (Wildman–Crippen MR) is 64.8 cm³/mol. The van der Waals surface area contributed by atoms with Crippen molar-refractivity contribution in [2.75, 3.05) is 6.61 Å². The number of rotatable bonds is 5. The van der Waals surface area contributed by atoms with Crippen LogP contribution >= 0.6 is 0 Å². The average molecular weight is 211 g/mol. The van der Waals surface area contributed by atoms with Crippen molar-refractivity contribution in [1.82, 2.24) is 0 Å². The van der Waals surface area contributed by atoms with E-state index in [9.17, 15) is 0 Å². The summed E-state index contributed by atoms with van der Waals surface area (Å²) in [7, 11) is 0. The highest BCUT2D eigenvalue weighted by Gasteiger charge is 2.40. The van der Waals surface area contributed by atoms with Crippen LogP contribution in [0.5, 0.6) is 0 Å². The summed E-state index contributed by atoms with van der Waals surface area (Å²) >= 11 is 0. The monoisotopic (exact) mass is 211 g/mol. The number of hydrogen-bond donors (Lipinski definition) is 1. The lowest BCUT2D eigenvalue weighted by molar-refractivity contribution is -0.0920. The van der Waals surface area contributed by atoms with E-state index < -0.39 is 0 Å². The lowest BCUT2D eigenvalue weighted by Crippen LogP contribution is -2.52. The smallest absolute Gasteiger partial charge is 0.0838 e. The number of nitrogens with two attached hydrogens (primary N) is 1. The molecular weight excluding hydrogens is 186 g/mol. The summed E-state index contributed by atoms with van der Waals surface area (Å²) in [6, 6.07) is 0.109. The Bertz CT molecular complexity index is 201. The molecule has 0 saturated heterocycles. The normalized spacial score (nSPS) is 33.7. The highest BCUT2D eigenvalue weighted by atomic mass is 16.5. The highest BCUT2D eigenvalue weighted by Crippen LogP contribution is 2.37. The maximum Gasteiger partial charge on any atom is 0.0838 e. The van der Waals surface area contributed by atoms with Crippen LogP contribution in [0.25, 0.3) is 0 Å². The Hall–Kier alpha value is -0.340. The van der Waals surface area contributed by atoms with Crippen LogP contribution in [0.1, 0.15) is 46.0 Å². The largest absolute Gasteiger partial charge is 0.374 e. The number of hydrogen-bond acceptors (Lipinski definition) is 2. The van der Waals surface area contributed by atoms with Gasteiger partial charge in [-0.15, -0.1) is 6.58 Å². The molecule has 2 nitrogen and oxygen atoms in total. The summed E-state index contributed by atoms with van der Waals surface area (Å²) in [6.45, 7) is 8.89. The first-order chi connectivity index (χ1) is 7.14. The fourth-order valence-corrected chi connectivity index (χ4v) is 2.80. The van der Waals surface area contributed by atoms with Gasteiger partial charge >= 0.3 is 0 Å². The minimum atomic E-state index is -0.0827. The molecule has 0 aliphatic heterocycles. The van der Waals surface area contributed by atoms with Crippen LogP contribution < -0.4 is 5.73 Å². The van der Waals surface area contributed by atoms with Gasteiger partial charge in [0.2, 0.25) is 0 Å². The Morgan fingerprint density at radius 1 is 1.67 bits per heavy atom. The fourth-order valence-electron chi connectivity index (χ4n) is 2.80. The summed E-state index contributed by atoms with van der Waals surface area (Å²) in [4.78, 5) is 0. The van der Waals surface area contributed by atoms with Crippen molar-refractivity contribution in [2.45, 2.75) is 57.6 Å². The van der Waals surface area contributed by atoms with Gasteiger partial charge in [-0.1, -0.05) is 25.8 Å². The molecule has 0 aromatic heterocycles. The zero-order chi connectivity index (χ0) is 11.3. The summed E-state index contributed by atoms with van der Waals surface area (Å²) in [5, 5.41) is 0. The highest BCUT2D eigenvalue weighted by molar-refractivity contribution is 4.98. The summed E-state index contributed by atoms with van der Waals surface area (Å²) in [5.41, 5.74) is 6.16. The summed E-state index contributed by atoms with van der Waals surface area (Å²) in [5.74, 6) is 0.737. The van der Waals surface area contributed by atoms with Crippen LogP contribution in [-0.2, 0) is 4.74 Å². The fraction of sp³-hybridized carbons (Fsp3) is 0.846. The van der Waals surface area contributed by atoms with E-state index in [4.69, 9.17) is 10.5 Å². The van der Waals surface area contributed by atoms with Crippen LogP contribution in [0.2, 0.25) is 0 Å². The second-order valence-corrected chi connectivity index (χ2v) is 4.83. The second kappa shape index (κ2) is 5.66. The van der Waals surface area contributed by atoms with Gasteiger partial charge in [-0.25, -0.2) is 0 Å². The van der Waals surface area contributed by atoms with Crippen LogP contribution in [0.3, 0.4) is 0 Å². The van der Waals surface area contributed by atoms with Crippen molar-refractivity contribution in [1.29, 1.82) is 0 Å². The predicted octanol–water partition coefficient (Wildman–Crippen LogP) is 2.88. The molecule has 2 heteroatoms. The van der Waals surface area contributed by atoms with E-state index in [-0.39, 0.29) is 11.6 Å². The SMILES string of the molecule is C=CCC(N)C1(OCC)CCCC(C)C1. The van der Waals surface area contributed by atoms with Crippen molar-refractivity contribution >= 4 is 0 Å². The Morgan fingerprint density at radius 2 is 2.40 bits per heavy atom. The molecule has 3 unspecified atom stereocenters. The first kappa shape index (κ1) is 12.7. The van der Waals surface area contributed by atoms with E-state index >= 15 is 0 Å². The molecular formula is C13H25NO. The van der Waals surface area contributed by atoms with E-state index in [1.807, 2.05) is 6.08 Å². The Kier molecular flexibility index (Phi) is 4.81. The third-order valence-corrected chi connectivity index (χ3v) is 3.52. The molecule has 1 aliphatic rings. The third-order valence-electron chi connectivity index (χ3n) is 3.52. The lowest BCUT2D eigenvalue weighted by atomic mass is 9.74. The molecule has 1 aliphatic carbocycles. The average Bonchev–Trinajstić information content (AvgIpc) is 2.18. The molecule has 1 rings (SSSR count). The lowest BCUT2D eigenvalue weighted by Gasteiger charge is -2.43. The van der Waals surface area contributed by atoms with Crippen molar-refractivity contribution in [3.05, 3.63) is 12.7 Å². The zero-order valence-corrected chi connectivity index (χ0v) is 10.2. The van der Waals surface area contributed by atoms with Crippen LogP contribution in [0.15, 0.2) is 12.7 Å². The molecule has 0 aromatic rings. The van der Waals surface area contributed by atoms with Crippen molar-refractivity contribution in [2.24, 2.45) is 11.7 Å². The molecule has 0 spiro atoms. The van der Waals surface area contributed by atoms with Gasteiger partial charge in [0.05, 0.1) is 5.60 Å². The molecule has 0 bridgehead atoms. The minimum absolute atomic E-state index is 0.0827.